The van der Waals surface area contributed by atoms with Gasteiger partial charge in [0.25, 0.3) is 0 Å². The van der Waals surface area contributed by atoms with Gasteiger partial charge in [-0.05, 0) is 77.1 Å². The Morgan fingerprint density at radius 1 is 0.608 bits per heavy atom. The van der Waals surface area contributed by atoms with Gasteiger partial charge in [-0.2, -0.15) is 0 Å². The number of amidine groups is 2. The van der Waals surface area contributed by atoms with Crippen LogP contribution in [0.25, 0.3) is 22.3 Å². The highest BCUT2D eigenvalue weighted by Gasteiger charge is 2.08. The third kappa shape index (κ3) is 14.6. The zero-order chi connectivity index (χ0) is 37.0. The number of rotatable bonds is 11. The van der Waals surface area contributed by atoms with E-state index < -0.39 is 0 Å². The topological polar surface area (TPSA) is 217 Å². The van der Waals surface area contributed by atoms with Gasteiger partial charge in [0.15, 0.2) is 11.9 Å². The number of nitrogens with zero attached hydrogens (tertiary/aromatic N) is 3. The quantitative estimate of drug-likeness (QED) is 0.0907. The first-order valence-corrected chi connectivity index (χ1v) is 16.6. The summed E-state index contributed by atoms with van der Waals surface area (Å²) in [6, 6.07) is 20.2. The Morgan fingerprint density at radius 3 is 1.47 bits per heavy atom. The van der Waals surface area contributed by atoms with Crippen LogP contribution < -0.4 is 34.4 Å². The maximum Gasteiger partial charge on any atom is 0.186 e. The van der Waals surface area contributed by atoms with Crippen molar-refractivity contribution >= 4 is 23.6 Å². The summed E-state index contributed by atoms with van der Waals surface area (Å²) in [4.78, 5) is 12.3. The average molecular weight is 679 g/mol. The Labute approximate surface area is 301 Å². The summed E-state index contributed by atoms with van der Waals surface area (Å²) in [5.41, 5.74) is 40.5. The average Bonchev–Trinajstić information content (AvgIpc) is 3.10. The number of guanidine groups is 2. The molecule has 0 aromatic heterocycles. The molecule has 51 heavy (non-hydrogen) atoms. The van der Waals surface area contributed by atoms with E-state index >= 15 is 0 Å². The van der Waals surface area contributed by atoms with Crippen LogP contribution in [0.4, 0.5) is 0 Å². The summed E-state index contributed by atoms with van der Waals surface area (Å²) in [5.74, 6) is 26.2. The number of nitrogens with two attached hydrogens (primary N) is 6. The van der Waals surface area contributed by atoms with E-state index in [4.69, 9.17) is 39.8 Å². The molecular weight excluding hydrogens is 633 g/mol. The van der Waals surface area contributed by atoms with E-state index in [0.29, 0.717) is 25.2 Å². The summed E-state index contributed by atoms with van der Waals surface area (Å²) in [6.07, 6.45) is 3.72. The molecule has 10 heteroatoms. The Balaban J connectivity index is 2.08. The van der Waals surface area contributed by atoms with Gasteiger partial charge in [0.05, 0.1) is 11.7 Å². The zero-order valence-corrected chi connectivity index (χ0v) is 29.3. The summed E-state index contributed by atoms with van der Waals surface area (Å²) in [7, 11) is 0. The van der Waals surface area contributed by atoms with E-state index in [1.54, 1.807) is 0 Å². The van der Waals surface area contributed by atoms with Crippen LogP contribution in [0.15, 0.2) is 75.6 Å². The van der Waals surface area contributed by atoms with E-state index in [-0.39, 0.29) is 36.8 Å². The smallest absolute Gasteiger partial charge is 0.186 e. The molecule has 13 N–H and O–H groups in total. The van der Waals surface area contributed by atoms with Crippen LogP contribution in [-0.4, -0.2) is 43.2 Å². The number of benzene rings is 3. The van der Waals surface area contributed by atoms with Gasteiger partial charge in [0.1, 0.15) is 19.6 Å². The van der Waals surface area contributed by atoms with Gasteiger partial charge in [-0.1, -0.05) is 85.8 Å². The lowest BCUT2D eigenvalue weighted by atomic mass is 9.94. The first-order valence-electron chi connectivity index (χ1n) is 16.6. The molecule has 0 spiro atoms. The second-order valence-corrected chi connectivity index (χ2v) is 11.6. The van der Waals surface area contributed by atoms with Crippen molar-refractivity contribution in [3.63, 3.8) is 0 Å². The number of hydrogen-bond donors (Lipinski definition) is 7. The van der Waals surface area contributed by atoms with Crippen molar-refractivity contribution in [2.24, 2.45) is 55.3 Å². The third-order valence-corrected chi connectivity index (χ3v) is 7.35. The van der Waals surface area contributed by atoms with Gasteiger partial charge < -0.3 is 34.4 Å². The molecule has 0 radical (unpaired) electrons. The van der Waals surface area contributed by atoms with Crippen LogP contribution >= 0.6 is 0 Å². The van der Waals surface area contributed by atoms with Gasteiger partial charge in [0.2, 0.25) is 0 Å². The molecule has 0 fully saturated rings. The highest BCUT2D eigenvalue weighted by Crippen LogP contribution is 2.29. The molecular formula is C41H46N10. The largest absolute Gasteiger partial charge is 0.388 e. The van der Waals surface area contributed by atoms with Crippen molar-refractivity contribution in [2.75, 3.05) is 19.6 Å². The molecule has 0 heterocycles. The Bertz CT molecular complexity index is 2040. The lowest BCUT2D eigenvalue weighted by Crippen LogP contribution is -2.22. The summed E-state index contributed by atoms with van der Waals surface area (Å²) in [5, 5.41) is 7.66. The van der Waals surface area contributed by atoms with Crippen molar-refractivity contribution < 1.29 is 0 Å². The lowest BCUT2D eigenvalue weighted by molar-refractivity contribution is 0.542. The van der Waals surface area contributed by atoms with E-state index in [0.717, 1.165) is 63.8 Å². The standard InChI is InChI=1S/C41H46N10/c1-3-10-39(44)49-18-7-13-31-22-33(15-9-20-51-41(47)48)26-37(24-31)35-17-6-16-34(28-35)36-23-30(12-5-11-29(4-2)27-38(42)43)21-32(25-36)14-8-19-50-40(45)46/h6,16-17,21-26,28-29H,3-4,10-11,18-20,27H2,1-2H3,(H3,42,43)(H2,44,49)(H4,45,46,50)(H4,47,48,51). The molecule has 0 amide bonds. The lowest BCUT2D eigenvalue weighted by Gasteiger charge is -2.10. The van der Waals surface area contributed by atoms with Crippen LogP contribution in [0.5, 0.6) is 0 Å². The molecule has 0 aliphatic heterocycles. The molecule has 260 valence electrons. The van der Waals surface area contributed by atoms with Gasteiger partial charge in [-0.3, -0.25) is 10.4 Å². The van der Waals surface area contributed by atoms with Crippen molar-refractivity contribution in [1.29, 1.82) is 5.41 Å². The molecule has 3 rings (SSSR count). The SMILES string of the molecule is CCCC(N)=NCC#Cc1cc(C#CCN=C(N)N)cc(-c2cccc(-c3cc(C#CCN=C(N)N)cc(C#CCC(CC)CC(=N)N)c3)c2)c1. The summed E-state index contributed by atoms with van der Waals surface area (Å²) >= 11 is 0. The number of hydrogen-bond acceptors (Lipinski definition) is 4. The fourth-order valence-electron chi connectivity index (χ4n) is 4.89. The molecule has 1 unspecified atom stereocenters. The fourth-order valence-corrected chi connectivity index (χ4v) is 4.89. The Kier molecular flexibility index (Phi) is 15.7. The molecule has 0 bridgehead atoms. The molecule has 0 saturated carbocycles. The van der Waals surface area contributed by atoms with Crippen LogP contribution in [0.1, 0.15) is 68.2 Å². The first kappa shape index (κ1) is 38.8. The highest BCUT2D eigenvalue weighted by atomic mass is 15.0. The monoisotopic (exact) mass is 678 g/mol. The van der Waals surface area contributed by atoms with E-state index in [9.17, 15) is 0 Å². The summed E-state index contributed by atoms with van der Waals surface area (Å²) < 4.78 is 0. The van der Waals surface area contributed by atoms with Gasteiger partial charge >= 0.3 is 0 Å². The molecule has 10 nitrogen and oxygen atoms in total. The zero-order valence-electron chi connectivity index (χ0n) is 29.3. The first-order chi connectivity index (χ1) is 24.6. The molecule has 0 aliphatic rings. The minimum atomic E-state index is -0.0135. The van der Waals surface area contributed by atoms with Crippen LogP contribution in [0, 0.1) is 58.7 Å². The van der Waals surface area contributed by atoms with Crippen molar-refractivity contribution in [3.05, 3.63) is 82.9 Å². The Morgan fingerprint density at radius 2 is 1.06 bits per heavy atom. The minimum absolute atomic E-state index is 0.0133. The van der Waals surface area contributed by atoms with Gasteiger partial charge in [0, 0.05) is 41.5 Å². The van der Waals surface area contributed by atoms with E-state index in [1.807, 2.05) is 54.6 Å². The fraction of sp³-hybridized carbons (Fsp3) is 0.268. The van der Waals surface area contributed by atoms with Crippen LogP contribution in [0.2, 0.25) is 0 Å². The summed E-state index contributed by atoms with van der Waals surface area (Å²) in [6.45, 7) is 4.81. The van der Waals surface area contributed by atoms with Crippen LogP contribution in [-0.2, 0) is 0 Å². The molecule has 3 aromatic rings. The predicted octanol–water partition coefficient (Wildman–Crippen LogP) is 3.87. The Hall–Kier alpha value is -6.62. The third-order valence-electron chi connectivity index (χ3n) is 7.35. The van der Waals surface area contributed by atoms with Crippen LogP contribution in [0.3, 0.4) is 0 Å². The van der Waals surface area contributed by atoms with Gasteiger partial charge in [-0.25, -0.2) is 9.98 Å². The predicted molar refractivity (Wildman–Crippen MR) is 213 cm³/mol. The van der Waals surface area contributed by atoms with Crippen molar-refractivity contribution in [1.82, 2.24) is 0 Å². The van der Waals surface area contributed by atoms with Crippen molar-refractivity contribution in [3.8, 4) is 69.6 Å². The highest BCUT2D eigenvalue weighted by molar-refractivity contribution is 5.80. The molecule has 0 aliphatic carbocycles. The number of aliphatic imine (C=N–C) groups is 3. The molecule has 1 atom stereocenters. The second kappa shape index (κ2) is 20.7. The van der Waals surface area contributed by atoms with Crippen molar-refractivity contribution in [2.45, 2.75) is 46.0 Å². The maximum absolute atomic E-state index is 7.66. The van der Waals surface area contributed by atoms with E-state index in [1.165, 1.54) is 0 Å². The van der Waals surface area contributed by atoms with Gasteiger partial charge in [-0.15, -0.1) is 0 Å². The normalized spacial score (nSPS) is 10.7. The molecule has 0 saturated heterocycles. The second-order valence-electron chi connectivity index (χ2n) is 11.6. The minimum Gasteiger partial charge on any atom is -0.388 e. The maximum atomic E-state index is 7.66. The molecule has 3 aromatic carbocycles. The van der Waals surface area contributed by atoms with E-state index in [2.05, 4.69) is 82.3 Å². The number of nitrogens with one attached hydrogen (secondary N) is 1.